The number of cyclic esters (lactones) is 1. The summed E-state index contributed by atoms with van der Waals surface area (Å²) >= 11 is -2.20. The molecule has 1 fully saturated rings. The second kappa shape index (κ2) is 12.1. The quantitative estimate of drug-likeness (QED) is 0.141. The van der Waals surface area contributed by atoms with Gasteiger partial charge in [0.2, 0.25) is 0 Å². The molecule has 1 aliphatic rings. The number of carbonyl (C=O) groups is 1. The summed E-state index contributed by atoms with van der Waals surface area (Å²) in [4.78, 5) is 19.4. The zero-order valence-corrected chi connectivity index (χ0v) is 23.3. The van der Waals surface area contributed by atoms with Crippen molar-refractivity contribution in [2.24, 2.45) is 5.92 Å². The maximum atomic E-state index is 12.3. The summed E-state index contributed by atoms with van der Waals surface area (Å²) in [6.45, 7) is 7.78. The predicted molar refractivity (Wildman–Crippen MR) is 130 cm³/mol. The molecule has 172 valence electrons. The number of rotatable bonds is 11. The van der Waals surface area contributed by atoms with Gasteiger partial charge in [0.05, 0.1) is 13.7 Å². The van der Waals surface area contributed by atoms with Crippen molar-refractivity contribution in [1.29, 1.82) is 0 Å². The third-order valence-electron chi connectivity index (χ3n) is 6.10. The van der Waals surface area contributed by atoms with Crippen LogP contribution in [0.25, 0.3) is 0 Å². The van der Waals surface area contributed by atoms with E-state index >= 15 is 0 Å². The summed E-state index contributed by atoms with van der Waals surface area (Å²) in [6, 6.07) is 7.97. The van der Waals surface area contributed by atoms with Crippen LogP contribution in [0, 0.1) is 5.92 Å². The maximum Gasteiger partial charge on any atom is -0.0196 e. The van der Waals surface area contributed by atoms with Crippen LogP contribution >= 0.6 is 0 Å². The summed E-state index contributed by atoms with van der Waals surface area (Å²) in [7, 11) is 1.67. The number of carbonyl (C=O) groups excluding carboxylic acids is 1. The third-order valence-corrected chi connectivity index (χ3v) is 13.4. The van der Waals surface area contributed by atoms with E-state index in [1.807, 2.05) is 24.3 Å². The first kappa shape index (κ1) is 26.0. The summed E-state index contributed by atoms with van der Waals surface area (Å²) in [5.41, 5.74) is 3.38. The first-order valence-corrected chi connectivity index (χ1v) is 21.4. The minimum Gasteiger partial charge on any atom is -0.0530 e. The number of esters is 1. The standard InChI is InChI=1S/C23H31O4.3CH3.Sn/c1-5-20-14-22(27-23(20)24)13-17(2)7-6-8-18(3)15-26-16-19-9-11-21(25-4)12-10-19;;;;/h8-12,17,22H,6-7,13-16H2,1-4H3;3*1H3;/b18-8+,20-5?;;;;/t17-,22?;;;;/m0..../s1. The van der Waals surface area contributed by atoms with Crippen molar-refractivity contribution in [3.05, 3.63) is 50.6 Å². The molecule has 31 heavy (non-hydrogen) atoms. The molecule has 0 N–H and O–H groups in total. The van der Waals surface area contributed by atoms with Crippen molar-refractivity contribution in [3.63, 3.8) is 0 Å². The van der Waals surface area contributed by atoms with E-state index in [9.17, 15) is 4.79 Å². The number of allylic oxidation sites excluding steroid dienone is 2. The number of ether oxygens (including phenoxy) is 3. The van der Waals surface area contributed by atoms with Crippen LogP contribution in [-0.4, -0.2) is 44.2 Å². The average Bonchev–Trinajstić information content (AvgIpc) is 3.06. The van der Waals surface area contributed by atoms with Gasteiger partial charge in [0.1, 0.15) is 5.75 Å². The van der Waals surface area contributed by atoms with E-state index in [2.05, 4.69) is 41.7 Å². The predicted octanol–water partition coefficient (Wildman–Crippen LogP) is 6.47. The Kier molecular flexibility index (Phi) is 10.1. The molecule has 2 rings (SSSR count). The Hall–Kier alpha value is -1.27. The van der Waals surface area contributed by atoms with Gasteiger partial charge in [-0.2, -0.15) is 0 Å². The Morgan fingerprint density at radius 1 is 1.23 bits per heavy atom. The Labute approximate surface area is 192 Å². The van der Waals surface area contributed by atoms with Gasteiger partial charge in [0.15, 0.2) is 0 Å². The SMILES string of the molecule is COc1ccc(COC/C(C)=C/CC[C@H](C)CC2C/C(=[C](\C)[Sn]([CH3])([CH3])[CH3])C(=O)O2)cc1. The van der Waals surface area contributed by atoms with Crippen molar-refractivity contribution in [3.8, 4) is 5.75 Å². The van der Waals surface area contributed by atoms with Gasteiger partial charge in [0.25, 0.3) is 0 Å². The molecule has 0 bridgehead atoms. The molecule has 1 unspecified atom stereocenters. The smallest absolute Gasteiger partial charge is 0.0196 e. The Morgan fingerprint density at radius 3 is 2.52 bits per heavy atom. The molecule has 0 saturated carbocycles. The molecule has 0 amide bonds. The molecule has 0 aliphatic carbocycles. The van der Waals surface area contributed by atoms with Crippen LogP contribution in [0.5, 0.6) is 5.75 Å². The molecule has 0 radical (unpaired) electrons. The Balaban J connectivity index is 1.70. The van der Waals surface area contributed by atoms with Crippen molar-refractivity contribution < 1.29 is 19.0 Å². The fraction of sp³-hybridized carbons (Fsp3) is 0.577. The average molecular weight is 535 g/mol. The number of hydrogen-bond donors (Lipinski definition) is 0. The zero-order valence-electron chi connectivity index (χ0n) is 20.4. The Morgan fingerprint density at radius 2 is 1.90 bits per heavy atom. The van der Waals surface area contributed by atoms with E-state index in [0.29, 0.717) is 19.1 Å². The van der Waals surface area contributed by atoms with Crippen molar-refractivity contribution in [2.75, 3.05) is 13.7 Å². The summed E-state index contributed by atoms with van der Waals surface area (Å²) in [5, 5.41) is 0. The second-order valence-corrected chi connectivity index (χ2v) is 24.9. The molecule has 0 spiro atoms. The Bertz CT molecular complexity index is 787. The molecule has 4 nitrogen and oxygen atoms in total. The van der Waals surface area contributed by atoms with Crippen LogP contribution in [0.3, 0.4) is 0 Å². The van der Waals surface area contributed by atoms with Crippen molar-refractivity contribution >= 4 is 24.3 Å². The molecule has 0 aromatic heterocycles. The van der Waals surface area contributed by atoms with Gasteiger partial charge in [-0.05, 0) is 17.7 Å². The fourth-order valence-corrected chi connectivity index (χ4v) is 6.92. The monoisotopic (exact) mass is 536 g/mol. The van der Waals surface area contributed by atoms with E-state index < -0.39 is 18.4 Å². The molecule has 1 saturated heterocycles. The molecule has 1 aromatic carbocycles. The second-order valence-electron chi connectivity index (χ2n) is 9.89. The van der Waals surface area contributed by atoms with E-state index in [-0.39, 0.29) is 12.1 Å². The molecule has 1 aromatic rings. The van der Waals surface area contributed by atoms with Gasteiger partial charge in [-0.1, -0.05) is 12.1 Å². The first-order chi connectivity index (χ1) is 14.6. The maximum absolute atomic E-state index is 12.3. The van der Waals surface area contributed by atoms with Crippen molar-refractivity contribution in [2.45, 2.75) is 74.0 Å². The van der Waals surface area contributed by atoms with Crippen LogP contribution in [0.1, 0.15) is 52.0 Å². The third kappa shape index (κ3) is 8.64. The van der Waals surface area contributed by atoms with E-state index in [0.717, 1.165) is 42.6 Å². The van der Waals surface area contributed by atoms with Gasteiger partial charge in [-0.3, -0.25) is 0 Å². The van der Waals surface area contributed by atoms with Gasteiger partial charge < -0.3 is 4.74 Å². The summed E-state index contributed by atoms with van der Waals surface area (Å²) in [5.74, 6) is 1.33. The van der Waals surface area contributed by atoms with Crippen LogP contribution < -0.4 is 4.74 Å². The summed E-state index contributed by atoms with van der Waals surface area (Å²) < 4.78 is 18.1. The van der Waals surface area contributed by atoms with Crippen LogP contribution in [0.4, 0.5) is 0 Å². The minimum absolute atomic E-state index is 0.0546. The normalized spacial score (nSPS) is 19.9. The number of hydrogen-bond acceptors (Lipinski definition) is 4. The van der Waals surface area contributed by atoms with Gasteiger partial charge >= 0.3 is 139 Å². The molecular formula is C26H40O4Sn. The topological polar surface area (TPSA) is 44.8 Å². The van der Waals surface area contributed by atoms with Gasteiger partial charge in [-0.15, -0.1) is 0 Å². The summed E-state index contributed by atoms with van der Waals surface area (Å²) in [6.07, 6.45) is 6.20. The molecular weight excluding hydrogens is 495 g/mol. The first-order valence-electron chi connectivity index (χ1n) is 11.4. The zero-order chi connectivity index (χ0) is 23.0. The van der Waals surface area contributed by atoms with Crippen LogP contribution in [-0.2, 0) is 20.9 Å². The molecule has 1 aliphatic heterocycles. The molecule has 2 atom stereocenters. The minimum atomic E-state index is -2.20. The van der Waals surface area contributed by atoms with Gasteiger partial charge in [-0.25, -0.2) is 0 Å². The van der Waals surface area contributed by atoms with E-state index in [4.69, 9.17) is 14.2 Å². The van der Waals surface area contributed by atoms with E-state index in [1.165, 1.54) is 9.16 Å². The van der Waals surface area contributed by atoms with E-state index in [1.54, 1.807) is 7.11 Å². The van der Waals surface area contributed by atoms with Crippen LogP contribution in [0.15, 0.2) is 45.1 Å². The number of benzene rings is 1. The van der Waals surface area contributed by atoms with Crippen LogP contribution in [0.2, 0.25) is 14.8 Å². The largest absolute Gasteiger partial charge is 0.0530 e. The van der Waals surface area contributed by atoms with Gasteiger partial charge in [0, 0.05) is 0 Å². The van der Waals surface area contributed by atoms with Crippen molar-refractivity contribution in [1.82, 2.24) is 0 Å². The number of methoxy groups -OCH3 is 1. The molecule has 5 heteroatoms. The molecule has 1 heterocycles. The fourth-order valence-electron chi connectivity index (χ4n) is 3.76.